The maximum absolute atomic E-state index is 14.1. The molecular weight excluding hydrogens is 432 g/mol. The van der Waals surface area contributed by atoms with Crippen LogP contribution < -0.4 is 0 Å². The first-order valence-electron chi connectivity index (χ1n) is 7.62. The summed E-state index contributed by atoms with van der Waals surface area (Å²) in [5.74, 6) is -26.6. The number of aromatic hydroxyl groups is 2. The van der Waals surface area contributed by atoms with Crippen molar-refractivity contribution in [3.05, 3.63) is 68.8 Å². The number of ketones is 2. The van der Waals surface area contributed by atoms with Crippen LogP contribution in [0.3, 0.4) is 0 Å². The topological polar surface area (TPSA) is 74.6 Å². The second-order valence-corrected chi connectivity index (χ2v) is 6.12. The van der Waals surface area contributed by atoms with Gasteiger partial charge in [-0.05, 0) is 0 Å². The third-order valence-electron chi connectivity index (χ3n) is 4.64. The highest BCUT2D eigenvalue weighted by atomic mass is 19.2. The van der Waals surface area contributed by atoms with Crippen molar-refractivity contribution in [1.29, 1.82) is 0 Å². The maximum Gasteiger partial charge on any atom is 0.201 e. The van der Waals surface area contributed by atoms with Crippen molar-refractivity contribution in [3.63, 3.8) is 0 Å². The minimum Gasteiger partial charge on any atom is -0.506 e. The first-order chi connectivity index (χ1) is 13.9. The number of halogens is 8. The first-order valence-corrected chi connectivity index (χ1v) is 7.62. The van der Waals surface area contributed by atoms with Gasteiger partial charge in [0.1, 0.15) is 11.5 Å². The Labute approximate surface area is 158 Å². The van der Waals surface area contributed by atoms with Gasteiger partial charge in [0, 0.05) is 0 Å². The van der Waals surface area contributed by atoms with Crippen molar-refractivity contribution < 1.29 is 54.9 Å². The van der Waals surface area contributed by atoms with E-state index >= 15 is 0 Å². The summed E-state index contributed by atoms with van der Waals surface area (Å²) in [6, 6.07) is 0. The average Bonchev–Trinajstić information content (AvgIpc) is 2.70. The zero-order valence-corrected chi connectivity index (χ0v) is 13.7. The van der Waals surface area contributed by atoms with Gasteiger partial charge in [-0.1, -0.05) is 0 Å². The average molecular weight is 434 g/mol. The molecule has 0 unspecified atom stereocenters. The van der Waals surface area contributed by atoms with E-state index in [9.17, 15) is 54.9 Å². The lowest BCUT2D eigenvalue weighted by atomic mass is 9.80. The molecule has 4 nitrogen and oxygen atoms in total. The molecule has 30 heavy (non-hydrogen) atoms. The minimum atomic E-state index is -2.49. The summed E-state index contributed by atoms with van der Waals surface area (Å²) in [6.07, 6.45) is 0. The molecule has 0 atom stereocenters. The second kappa shape index (κ2) is 5.90. The van der Waals surface area contributed by atoms with Crippen molar-refractivity contribution in [1.82, 2.24) is 0 Å². The smallest absolute Gasteiger partial charge is 0.201 e. The number of rotatable bonds is 0. The summed E-state index contributed by atoms with van der Waals surface area (Å²) in [5.41, 5.74) is -6.37. The Morgan fingerprint density at radius 3 is 0.967 bits per heavy atom. The number of phenols is 2. The molecule has 12 heteroatoms. The molecule has 0 fully saturated rings. The van der Waals surface area contributed by atoms with Crippen LogP contribution in [-0.4, -0.2) is 21.8 Å². The fourth-order valence-electron chi connectivity index (χ4n) is 3.31. The normalized spacial score (nSPS) is 13.1. The van der Waals surface area contributed by atoms with E-state index < -0.39 is 103 Å². The van der Waals surface area contributed by atoms with E-state index in [0.717, 1.165) is 0 Å². The highest BCUT2D eigenvalue weighted by Crippen LogP contribution is 2.48. The Morgan fingerprint density at radius 1 is 0.400 bits per heavy atom. The predicted molar refractivity (Wildman–Crippen MR) is 80.2 cm³/mol. The molecule has 1 aliphatic carbocycles. The molecule has 0 aliphatic heterocycles. The number of phenolic OH excluding ortho intramolecular Hbond substituents is 2. The van der Waals surface area contributed by atoms with Gasteiger partial charge in [0.25, 0.3) is 0 Å². The predicted octanol–water partition coefficient (Wildman–Crippen LogP) is 4.14. The molecule has 0 saturated heterocycles. The lowest BCUT2D eigenvalue weighted by Gasteiger charge is -2.22. The SMILES string of the molecule is O=C1c2c(F)c(F)c(F)c(F)c2C(=O)c2c1c(O)c1c(F)c(F)c(F)c(F)c1c2O. The standard InChI is InChI=1S/C18H2F8O4/c19-7-1-2(8(20)12(24)11(7)23)16(28)6-5(15(1)27)17(29)3-4(18(6)30)10(22)14(26)13(25)9(3)21/h27-28H. The Balaban J connectivity index is 2.27. The minimum absolute atomic E-state index is 1.48. The summed E-state index contributed by atoms with van der Waals surface area (Å²) in [5, 5.41) is 17.1. The fraction of sp³-hybridized carbons (Fsp3) is 0. The van der Waals surface area contributed by atoms with Crippen LogP contribution in [-0.2, 0) is 0 Å². The molecule has 0 amide bonds. The maximum atomic E-state index is 14.1. The van der Waals surface area contributed by atoms with Crippen LogP contribution in [0.25, 0.3) is 10.8 Å². The monoisotopic (exact) mass is 434 g/mol. The summed E-state index contributed by atoms with van der Waals surface area (Å²) in [4.78, 5) is 25.1. The number of fused-ring (bicyclic) bond motifs is 3. The molecule has 0 bridgehead atoms. The third-order valence-corrected chi connectivity index (χ3v) is 4.64. The van der Waals surface area contributed by atoms with Crippen LogP contribution in [0.1, 0.15) is 31.8 Å². The van der Waals surface area contributed by atoms with Gasteiger partial charge in [-0.15, -0.1) is 0 Å². The van der Waals surface area contributed by atoms with Crippen molar-refractivity contribution in [3.8, 4) is 11.5 Å². The van der Waals surface area contributed by atoms with Crippen molar-refractivity contribution in [2.45, 2.75) is 0 Å². The summed E-state index contributed by atoms with van der Waals surface area (Å²) in [7, 11) is 0. The largest absolute Gasteiger partial charge is 0.506 e. The lowest BCUT2D eigenvalue weighted by Crippen LogP contribution is -2.26. The van der Waals surface area contributed by atoms with Gasteiger partial charge in [-0.3, -0.25) is 9.59 Å². The molecule has 0 aromatic heterocycles. The highest BCUT2D eigenvalue weighted by Gasteiger charge is 2.44. The Morgan fingerprint density at radius 2 is 0.667 bits per heavy atom. The molecule has 0 heterocycles. The number of hydrogen-bond acceptors (Lipinski definition) is 4. The Bertz CT molecular complexity index is 1280. The van der Waals surface area contributed by atoms with Crippen molar-refractivity contribution >= 4 is 22.3 Å². The zero-order chi connectivity index (χ0) is 22.4. The van der Waals surface area contributed by atoms with E-state index in [4.69, 9.17) is 0 Å². The molecule has 3 aromatic carbocycles. The van der Waals surface area contributed by atoms with E-state index in [2.05, 4.69) is 0 Å². The molecule has 0 saturated carbocycles. The molecule has 1 aliphatic rings. The van der Waals surface area contributed by atoms with Gasteiger partial charge in [0.2, 0.25) is 11.6 Å². The van der Waals surface area contributed by atoms with Crippen molar-refractivity contribution in [2.75, 3.05) is 0 Å². The number of carbonyl (C=O) groups is 2. The molecule has 0 radical (unpaired) electrons. The van der Waals surface area contributed by atoms with Gasteiger partial charge in [0.15, 0.2) is 46.5 Å². The van der Waals surface area contributed by atoms with Gasteiger partial charge in [-0.25, -0.2) is 35.1 Å². The lowest BCUT2D eigenvalue weighted by molar-refractivity contribution is 0.0965. The van der Waals surface area contributed by atoms with Crippen LogP contribution >= 0.6 is 0 Å². The summed E-state index contributed by atoms with van der Waals surface area (Å²) < 4.78 is 111. The van der Waals surface area contributed by atoms with E-state index in [1.54, 1.807) is 0 Å². The quantitative estimate of drug-likeness (QED) is 0.189. The van der Waals surface area contributed by atoms with Crippen LogP contribution in [0.5, 0.6) is 11.5 Å². The van der Waals surface area contributed by atoms with Crippen LogP contribution in [0.15, 0.2) is 0 Å². The van der Waals surface area contributed by atoms with Crippen LogP contribution in [0.2, 0.25) is 0 Å². The molecule has 0 spiro atoms. The molecule has 154 valence electrons. The molecule has 4 rings (SSSR count). The summed E-state index contributed by atoms with van der Waals surface area (Å²) >= 11 is 0. The summed E-state index contributed by atoms with van der Waals surface area (Å²) in [6.45, 7) is 0. The van der Waals surface area contributed by atoms with E-state index in [-0.39, 0.29) is 0 Å². The second-order valence-electron chi connectivity index (χ2n) is 6.12. The molecule has 3 aromatic rings. The van der Waals surface area contributed by atoms with Gasteiger partial charge in [0.05, 0.1) is 33.0 Å². The van der Waals surface area contributed by atoms with E-state index in [1.165, 1.54) is 0 Å². The third kappa shape index (κ3) is 2.05. The van der Waals surface area contributed by atoms with Gasteiger partial charge < -0.3 is 10.2 Å². The van der Waals surface area contributed by atoms with Crippen LogP contribution in [0.4, 0.5) is 35.1 Å². The first kappa shape index (κ1) is 19.6. The Kier molecular flexibility index (Phi) is 3.86. The fourth-order valence-corrected chi connectivity index (χ4v) is 3.31. The zero-order valence-electron chi connectivity index (χ0n) is 13.7. The van der Waals surface area contributed by atoms with E-state index in [0.29, 0.717) is 0 Å². The highest BCUT2D eigenvalue weighted by molar-refractivity contribution is 6.32. The van der Waals surface area contributed by atoms with Gasteiger partial charge in [-0.2, -0.15) is 0 Å². The molecular formula is C18H2F8O4. The number of hydrogen-bond donors (Lipinski definition) is 2. The number of benzene rings is 3. The van der Waals surface area contributed by atoms with Gasteiger partial charge >= 0.3 is 0 Å². The molecule has 2 N–H and O–H groups in total. The van der Waals surface area contributed by atoms with Crippen LogP contribution in [0, 0.1) is 46.5 Å². The Hall–Kier alpha value is -3.70. The number of carbonyl (C=O) groups excluding carboxylic acids is 2. The van der Waals surface area contributed by atoms with E-state index in [1.807, 2.05) is 0 Å². The van der Waals surface area contributed by atoms with Crippen molar-refractivity contribution in [2.24, 2.45) is 0 Å².